The molecule has 1 aromatic rings. The highest BCUT2D eigenvalue weighted by Gasteiger charge is 2.05. The lowest BCUT2D eigenvalue weighted by Gasteiger charge is -2.11. The number of rotatable bonds is 6. The first-order valence-corrected chi connectivity index (χ1v) is 5.35. The van der Waals surface area contributed by atoms with Gasteiger partial charge in [0.05, 0.1) is 6.61 Å². The minimum absolute atomic E-state index is 0.168. The predicted octanol–water partition coefficient (Wildman–Crippen LogP) is 1.26. The van der Waals surface area contributed by atoms with Gasteiger partial charge < -0.3 is 15.4 Å². The molecule has 0 aliphatic rings. The largest absolute Gasteiger partial charge is 0.384 e. The number of methoxy groups -OCH3 is 1. The molecule has 6 nitrogen and oxygen atoms in total. The maximum absolute atomic E-state index is 5.74. The monoisotopic (exact) mass is 245 g/mol. The van der Waals surface area contributed by atoms with Gasteiger partial charge in [-0.25, -0.2) is 0 Å². The highest BCUT2D eigenvalue weighted by Crippen LogP contribution is 2.09. The molecule has 7 heteroatoms. The Balaban J connectivity index is 2.56. The van der Waals surface area contributed by atoms with Crippen molar-refractivity contribution < 1.29 is 4.74 Å². The Kier molecular flexibility index (Phi) is 5.21. The highest BCUT2D eigenvalue weighted by atomic mass is 35.5. The summed E-state index contributed by atoms with van der Waals surface area (Å²) in [6.45, 7) is 3.47. The molecular weight excluding hydrogens is 230 g/mol. The number of hydrogen-bond donors (Lipinski definition) is 2. The van der Waals surface area contributed by atoms with E-state index in [9.17, 15) is 0 Å². The van der Waals surface area contributed by atoms with Gasteiger partial charge in [-0.1, -0.05) is 6.92 Å². The minimum atomic E-state index is 0.168. The summed E-state index contributed by atoms with van der Waals surface area (Å²) in [4.78, 5) is 12.0. The third kappa shape index (κ3) is 4.16. The Bertz CT molecular complexity index is 336. The van der Waals surface area contributed by atoms with Gasteiger partial charge in [0.1, 0.15) is 0 Å². The average molecular weight is 246 g/mol. The van der Waals surface area contributed by atoms with Crippen LogP contribution in [0.15, 0.2) is 0 Å². The van der Waals surface area contributed by atoms with E-state index in [1.54, 1.807) is 14.2 Å². The Labute approximate surface area is 99.8 Å². The predicted molar refractivity (Wildman–Crippen MR) is 63.9 cm³/mol. The molecule has 1 aromatic heterocycles. The molecule has 0 aliphatic heterocycles. The molecule has 0 saturated heterocycles. The molecule has 0 amide bonds. The summed E-state index contributed by atoms with van der Waals surface area (Å²) in [6.07, 6.45) is 0. The third-order valence-electron chi connectivity index (χ3n) is 1.89. The summed E-state index contributed by atoms with van der Waals surface area (Å²) in [6, 6.07) is 0. The zero-order chi connectivity index (χ0) is 12.0. The van der Waals surface area contributed by atoms with E-state index in [1.165, 1.54) is 0 Å². The van der Waals surface area contributed by atoms with E-state index < -0.39 is 0 Å². The molecule has 0 radical (unpaired) electrons. The number of hydrogen-bond acceptors (Lipinski definition) is 6. The lowest BCUT2D eigenvalue weighted by Crippen LogP contribution is -2.17. The maximum atomic E-state index is 5.74. The van der Waals surface area contributed by atoms with Crippen LogP contribution in [0.1, 0.15) is 6.92 Å². The first-order chi connectivity index (χ1) is 7.65. The van der Waals surface area contributed by atoms with Crippen molar-refractivity contribution in [3.63, 3.8) is 0 Å². The number of ether oxygens (including phenoxy) is 1. The van der Waals surface area contributed by atoms with E-state index >= 15 is 0 Å². The zero-order valence-corrected chi connectivity index (χ0v) is 10.4. The van der Waals surface area contributed by atoms with Crippen LogP contribution in [0.5, 0.6) is 0 Å². The Hall–Kier alpha value is -1.14. The van der Waals surface area contributed by atoms with Gasteiger partial charge in [-0.2, -0.15) is 15.0 Å². The van der Waals surface area contributed by atoms with Gasteiger partial charge in [-0.05, 0) is 17.5 Å². The second-order valence-electron chi connectivity index (χ2n) is 3.44. The summed E-state index contributed by atoms with van der Waals surface area (Å²) in [5.41, 5.74) is 0. The van der Waals surface area contributed by atoms with Crippen molar-refractivity contribution in [2.24, 2.45) is 5.92 Å². The number of nitrogens with one attached hydrogen (secondary N) is 2. The van der Waals surface area contributed by atoms with Crippen LogP contribution in [0.4, 0.5) is 11.9 Å². The molecule has 1 heterocycles. The number of halogens is 1. The third-order valence-corrected chi connectivity index (χ3v) is 2.06. The van der Waals surface area contributed by atoms with E-state index in [-0.39, 0.29) is 5.28 Å². The maximum Gasteiger partial charge on any atom is 0.228 e. The number of nitrogens with zero attached hydrogens (tertiary/aromatic N) is 3. The SMILES string of the molecule is CNc1nc(Cl)nc(NCC(C)COC)n1. The van der Waals surface area contributed by atoms with Gasteiger partial charge in [0.2, 0.25) is 17.2 Å². The van der Waals surface area contributed by atoms with Crippen molar-refractivity contribution in [1.29, 1.82) is 0 Å². The van der Waals surface area contributed by atoms with Crippen LogP contribution in [0.2, 0.25) is 5.28 Å². The standard InChI is InChI=1S/C9H16ClN5O/c1-6(5-16-3)4-12-9-14-7(10)13-8(11-2)15-9/h6H,4-5H2,1-3H3,(H2,11,12,13,14,15). The van der Waals surface area contributed by atoms with Gasteiger partial charge in [-0.3, -0.25) is 0 Å². The molecule has 1 unspecified atom stereocenters. The van der Waals surface area contributed by atoms with Gasteiger partial charge in [-0.15, -0.1) is 0 Å². The molecular formula is C9H16ClN5O. The molecule has 0 spiro atoms. The zero-order valence-electron chi connectivity index (χ0n) is 9.62. The number of anilines is 2. The van der Waals surface area contributed by atoms with Crippen molar-refractivity contribution in [3.05, 3.63) is 5.28 Å². The van der Waals surface area contributed by atoms with Gasteiger partial charge in [0.15, 0.2) is 0 Å². The van der Waals surface area contributed by atoms with Crippen LogP contribution in [0.25, 0.3) is 0 Å². The molecule has 0 fully saturated rings. The van der Waals surface area contributed by atoms with Crippen LogP contribution in [-0.4, -0.2) is 42.3 Å². The van der Waals surface area contributed by atoms with Crippen LogP contribution in [-0.2, 0) is 4.74 Å². The fourth-order valence-electron chi connectivity index (χ4n) is 1.15. The molecule has 0 bridgehead atoms. The Morgan fingerprint density at radius 2 is 2.00 bits per heavy atom. The second kappa shape index (κ2) is 6.44. The average Bonchev–Trinajstić information content (AvgIpc) is 2.26. The quantitative estimate of drug-likeness (QED) is 0.786. The first-order valence-electron chi connectivity index (χ1n) is 4.97. The molecule has 1 rings (SSSR count). The summed E-state index contributed by atoms with van der Waals surface area (Å²) < 4.78 is 5.03. The molecule has 0 aromatic carbocycles. The van der Waals surface area contributed by atoms with Crippen LogP contribution < -0.4 is 10.6 Å². The van der Waals surface area contributed by atoms with E-state index in [2.05, 4.69) is 32.5 Å². The minimum Gasteiger partial charge on any atom is -0.384 e. The fourth-order valence-corrected chi connectivity index (χ4v) is 1.31. The van der Waals surface area contributed by atoms with Gasteiger partial charge in [0, 0.05) is 20.7 Å². The second-order valence-corrected chi connectivity index (χ2v) is 3.78. The van der Waals surface area contributed by atoms with Crippen LogP contribution in [0, 0.1) is 5.92 Å². The molecule has 90 valence electrons. The molecule has 2 N–H and O–H groups in total. The van der Waals surface area contributed by atoms with Crippen molar-refractivity contribution in [1.82, 2.24) is 15.0 Å². The van der Waals surface area contributed by atoms with Crippen molar-refractivity contribution in [2.75, 3.05) is 37.9 Å². The summed E-state index contributed by atoms with van der Waals surface area (Å²) >= 11 is 5.74. The summed E-state index contributed by atoms with van der Waals surface area (Å²) in [5, 5.41) is 6.06. The normalized spacial score (nSPS) is 12.2. The molecule has 16 heavy (non-hydrogen) atoms. The van der Waals surface area contributed by atoms with Crippen LogP contribution >= 0.6 is 11.6 Å². The van der Waals surface area contributed by atoms with Gasteiger partial charge in [0.25, 0.3) is 0 Å². The first kappa shape index (κ1) is 12.9. The number of aromatic nitrogens is 3. The Morgan fingerprint density at radius 3 is 2.62 bits per heavy atom. The highest BCUT2D eigenvalue weighted by molar-refractivity contribution is 6.28. The lowest BCUT2D eigenvalue weighted by atomic mass is 10.2. The van der Waals surface area contributed by atoms with Crippen molar-refractivity contribution >= 4 is 23.5 Å². The van der Waals surface area contributed by atoms with Crippen LogP contribution in [0.3, 0.4) is 0 Å². The van der Waals surface area contributed by atoms with E-state index in [0.29, 0.717) is 24.4 Å². The summed E-state index contributed by atoms with van der Waals surface area (Å²) in [5.74, 6) is 1.28. The fraction of sp³-hybridized carbons (Fsp3) is 0.667. The lowest BCUT2D eigenvalue weighted by molar-refractivity contribution is 0.164. The topological polar surface area (TPSA) is 72.0 Å². The molecule has 0 saturated carbocycles. The van der Waals surface area contributed by atoms with Crippen molar-refractivity contribution in [2.45, 2.75) is 6.92 Å². The van der Waals surface area contributed by atoms with Gasteiger partial charge >= 0.3 is 0 Å². The smallest absolute Gasteiger partial charge is 0.228 e. The van der Waals surface area contributed by atoms with E-state index in [4.69, 9.17) is 16.3 Å². The molecule has 1 atom stereocenters. The van der Waals surface area contributed by atoms with Crippen molar-refractivity contribution in [3.8, 4) is 0 Å². The van der Waals surface area contributed by atoms with E-state index in [1.807, 2.05) is 0 Å². The Morgan fingerprint density at radius 1 is 1.31 bits per heavy atom. The molecule has 0 aliphatic carbocycles. The van der Waals surface area contributed by atoms with E-state index in [0.717, 1.165) is 6.54 Å². The summed E-state index contributed by atoms with van der Waals surface area (Å²) in [7, 11) is 3.40.